The van der Waals surface area contributed by atoms with Gasteiger partial charge in [-0.15, -0.1) is 0 Å². The van der Waals surface area contributed by atoms with Crippen LogP contribution in [0.1, 0.15) is 25.8 Å². The molecule has 1 aliphatic rings. The zero-order valence-electron chi connectivity index (χ0n) is 16.9. The topological polar surface area (TPSA) is 87.8 Å². The van der Waals surface area contributed by atoms with Gasteiger partial charge in [-0.25, -0.2) is 4.79 Å². The second-order valence-electron chi connectivity index (χ2n) is 7.54. The summed E-state index contributed by atoms with van der Waals surface area (Å²) in [5.41, 5.74) is 2.24. The Balaban J connectivity index is 1.70. The molecular weight excluding hydrogens is 360 g/mol. The van der Waals surface area contributed by atoms with Crippen molar-refractivity contribution in [1.82, 2.24) is 19.7 Å². The van der Waals surface area contributed by atoms with Gasteiger partial charge in [0.15, 0.2) is 5.58 Å². The summed E-state index contributed by atoms with van der Waals surface area (Å²) in [6, 6.07) is 5.40. The molecule has 2 heterocycles. The van der Waals surface area contributed by atoms with Crippen LogP contribution in [0.3, 0.4) is 0 Å². The van der Waals surface area contributed by atoms with E-state index in [0.29, 0.717) is 30.7 Å². The Hall–Kier alpha value is -2.61. The Morgan fingerprint density at radius 3 is 2.71 bits per heavy atom. The molecule has 0 unspecified atom stereocenters. The maximum atomic E-state index is 12.8. The molecule has 1 fully saturated rings. The Bertz CT molecular complexity index is 930. The molecule has 0 aliphatic carbocycles. The predicted molar refractivity (Wildman–Crippen MR) is 106 cm³/mol. The zero-order valence-corrected chi connectivity index (χ0v) is 16.9. The molecule has 0 saturated carbocycles. The van der Waals surface area contributed by atoms with Gasteiger partial charge in [-0.2, -0.15) is 0 Å². The number of oxazole rings is 1. The molecule has 1 aromatic carbocycles. The maximum Gasteiger partial charge on any atom is 0.419 e. The van der Waals surface area contributed by atoms with Crippen molar-refractivity contribution < 1.29 is 14.0 Å². The summed E-state index contributed by atoms with van der Waals surface area (Å²) in [6.07, 6.45) is 0.185. The molecule has 152 valence electrons. The van der Waals surface area contributed by atoms with E-state index in [1.54, 1.807) is 18.0 Å². The molecule has 1 atom stereocenters. The van der Waals surface area contributed by atoms with E-state index in [1.165, 1.54) is 4.57 Å². The standard InChI is InChI=1S/C20H28N4O4/c1-13(2)23-10-9-22(12-16(23)19(26)21-4)18(25)7-8-24-15-11-14(3)5-6-17(15)28-20(24)27/h5-6,11,13,16H,7-10,12H2,1-4H3,(H,21,26)/t16-/m1/s1. The molecule has 8 heteroatoms. The molecule has 2 aromatic rings. The van der Waals surface area contributed by atoms with E-state index < -0.39 is 5.76 Å². The second kappa shape index (κ2) is 8.18. The molecule has 1 saturated heterocycles. The maximum absolute atomic E-state index is 12.8. The van der Waals surface area contributed by atoms with Crippen LogP contribution in [0.15, 0.2) is 27.4 Å². The van der Waals surface area contributed by atoms with Crippen LogP contribution in [0, 0.1) is 6.92 Å². The second-order valence-corrected chi connectivity index (χ2v) is 7.54. The molecule has 0 bridgehead atoms. The first-order valence-corrected chi connectivity index (χ1v) is 9.67. The number of piperazine rings is 1. The highest BCUT2D eigenvalue weighted by Gasteiger charge is 2.34. The minimum Gasteiger partial charge on any atom is -0.408 e. The number of aromatic nitrogens is 1. The number of hydrogen-bond donors (Lipinski definition) is 1. The van der Waals surface area contributed by atoms with Gasteiger partial charge in [-0.1, -0.05) is 6.07 Å². The number of rotatable bonds is 5. The summed E-state index contributed by atoms with van der Waals surface area (Å²) in [7, 11) is 1.61. The highest BCUT2D eigenvalue weighted by Crippen LogP contribution is 2.17. The number of carbonyl (C=O) groups excluding carboxylic acids is 2. The largest absolute Gasteiger partial charge is 0.419 e. The number of nitrogens with zero attached hydrogens (tertiary/aromatic N) is 3. The number of hydrogen-bond acceptors (Lipinski definition) is 5. The van der Waals surface area contributed by atoms with Gasteiger partial charge >= 0.3 is 5.76 Å². The van der Waals surface area contributed by atoms with Crippen molar-refractivity contribution in [3.8, 4) is 0 Å². The lowest BCUT2D eigenvalue weighted by Crippen LogP contribution is -2.61. The lowest BCUT2D eigenvalue weighted by molar-refractivity contribution is -0.139. The van der Waals surface area contributed by atoms with Crippen LogP contribution in [0.25, 0.3) is 11.1 Å². The third-order valence-corrected chi connectivity index (χ3v) is 5.36. The van der Waals surface area contributed by atoms with Crippen LogP contribution >= 0.6 is 0 Å². The quantitative estimate of drug-likeness (QED) is 0.824. The van der Waals surface area contributed by atoms with Gasteiger partial charge in [0, 0.05) is 45.7 Å². The fourth-order valence-electron chi connectivity index (χ4n) is 3.79. The third-order valence-electron chi connectivity index (χ3n) is 5.36. The van der Waals surface area contributed by atoms with Gasteiger partial charge in [0.25, 0.3) is 0 Å². The Morgan fingerprint density at radius 1 is 1.29 bits per heavy atom. The highest BCUT2D eigenvalue weighted by atomic mass is 16.4. The normalized spacial score (nSPS) is 18.0. The first-order valence-electron chi connectivity index (χ1n) is 9.67. The Kier molecular flexibility index (Phi) is 5.88. The van der Waals surface area contributed by atoms with Crippen LogP contribution in [-0.4, -0.2) is 64.9 Å². The molecule has 2 amide bonds. The van der Waals surface area contributed by atoms with Crippen molar-refractivity contribution in [3.05, 3.63) is 34.3 Å². The van der Waals surface area contributed by atoms with Crippen molar-refractivity contribution in [2.75, 3.05) is 26.7 Å². The lowest BCUT2D eigenvalue weighted by Gasteiger charge is -2.42. The molecule has 1 N–H and O–H groups in total. The summed E-state index contributed by atoms with van der Waals surface area (Å²) in [5, 5.41) is 2.69. The SMILES string of the molecule is CNC(=O)[C@H]1CN(C(=O)CCn2c(=O)oc3ccc(C)cc32)CCN1C(C)C. The zero-order chi connectivity index (χ0) is 20.4. The fraction of sp³-hybridized carbons (Fsp3) is 0.550. The summed E-state index contributed by atoms with van der Waals surface area (Å²) in [6.45, 7) is 7.87. The molecule has 8 nitrogen and oxygen atoms in total. The molecule has 3 rings (SSSR count). The van der Waals surface area contributed by atoms with Gasteiger partial charge in [0.05, 0.1) is 5.52 Å². The van der Waals surface area contributed by atoms with E-state index in [-0.39, 0.29) is 36.9 Å². The van der Waals surface area contributed by atoms with Crippen LogP contribution in [0.5, 0.6) is 0 Å². The van der Waals surface area contributed by atoms with Crippen molar-refractivity contribution in [1.29, 1.82) is 0 Å². The minimum absolute atomic E-state index is 0.0637. The van der Waals surface area contributed by atoms with Crippen molar-refractivity contribution in [2.45, 2.75) is 45.8 Å². The predicted octanol–water partition coefficient (Wildman–Crippen LogP) is 0.960. The molecule has 1 aromatic heterocycles. The first-order chi connectivity index (χ1) is 13.3. The Morgan fingerprint density at radius 2 is 2.04 bits per heavy atom. The van der Waals surface area contributed by atoms with E-state index >= 15 is 0 Å². The van der Waals surface area contributed by atoms with E-state index in [4.69, 9.17) is 4.42 Å². The number of fused-ring (bicyclic) bond motifs is 1. The molecular formula is C20H28N4O4. The number of carbonyl (C=O) groups is 2. The average molecular weight is 388 g/mol. The van der Waals surface area contributed by atoms with E-state index in [0.717, 1.165) is 5.56 Å². The summed E-state index contributed by atoms with van der Waals surface area (Å²) in [4.78, 5) is 41.0. The fourth-order valence-corrected chi connectivity index (χ4v) is 3.79. The Labute approximate surface area is 164 Å². The van der Waals surface area contributed by atoms with Crippen molar-refractivity contribution in [3.63, 3.8) is 0 Å². The van der Waals surface area contributed by atoms with Crippen molar-refractivity contribution >= 4 is 22.9 Å². The first kappa shape index (κ1) is 20.1. The molecule has 28 heavy (non-hydrogen) atoms. The average Bonchev–Trinajstić information content (AvgIpc) is 2.99. The number of amides is 2. The van der Waals surface area contributed by atoms with Gasteiger partial charge in [0.2, 0.25) is 11.8 Å². The number of nitrogens with one attached hydrogen (secondary N) is 1. The van der Waals surface area contributed by atoms with E-state index in [2.05, 4.69) is 10.2 Å². The number of aryl methyl sites for hydroxylation is 2. The molecule has 1 aliphatic heterocycles. The monoisotopic (exact) mass is 388 g/mol. The highest BCUT2D eigenvalue weighted by molar-refractivity contribution is 5.83. The summed E-state index contributed by atoms with van der Waals surface area (Å²) in [5.74, 6) is -0.605. The van der Waals surface area contributed by atoms with Crippen LogP contribution < -0.4 is 11.1 Å². The molecule has 0 radical (unpaired) electrons. The van der Waals surface area contributed by atoms with Crippen molar-refractivity contribution in [2.24, 2.45) is 0 Å². The summed E-state index contributed by atoms with van der Waals surface area (Å²) < 4.78 is 6.76. The van der Waals surface area contributed by atoms with Gasteiger partial charge in [-0.3, -0.25) is 19.1 Å². The van der Waals surface area contributed by atoms with Crippen LogP contribution in [0.4, 0.5) is 0 Å². The van der Waals surface area contributed by atoms with Crippen LogP contribution in [-0.2, 0) is 16.1 Å². The smallest absolute Gasteiger partial charge is 0.408 e. The molecule has 0 spiro atoms. The number of likely N-dealkylation sites (N-methyl/N-ethyl adjacent to an activating group) is 1. The van der Waals surface area contributed by atoms with Crippen LogP contribution in [0.2, 0.25) is 0 Å². The minimum atomic E-state index is -0.457. The summed E-state index contributed by atoms with van der Waals surface area (Å²) >= 11 is 0. The third kappa shape index (κ3) is 3.96. The van der Waals surface area contributed by atoms with E-state index in [1.807, 2.05) is 32.9 Å². The van der Waals surface area contributed by atoms with Gasteiger partial charge < -0.3 is 14.6 Å². The van der Waals surface area contributed by atoms with Gasteiger partial charge in [0.1, 0.15) is 6.04 Å². The van der Waals surface area contributed by atoms with Gasteiger partial charge in [-0.05, 0) is 38.5 Å². The number of benzene rings is 1. The lowest BCUT2D eigenvalue weighted by atomic mass is 10.1. The van der Waals surface area contributed by atoms with E-state index in [9.17, 15) is 14.4 Å².